The molecule has 0 bridgehead atoms. The molecule has 0 aromatic heterocycles. The summed E-state index contributed by atoms with van der Waals surface area (Å²) in [5.74, 6) is 17.6. The number of nitrogens with zero attached hydrogens (tertiary/aromatic N) is 2. The van der Waals surface area contributed by atoms with Gasteiger partial charge in [-0.05, 0) is 121 Å². The number of hydrogen-bond acceptors (Lipinski definition) is 8. The van der Waals surface area contributed by atoms with E-state index < -0.39 is 0 Å². The average Bonchev–Trinajstić information content (AvgIpc) is 3.31. The fourth-order valence-corrected chi connectivity index (χ4v) is 6.61. The van der Waals surface area contributed by atoms with E-state index in [4.69, 9.17) is 28.4 Å². The molecule has 7 rings (SSSR count). The molecular weight excluding hydrogens is 749 g/mol. The highest BCUT2D eigenvalue weighted by Gasteiger charge is 2.26. The van der Waals surface area contributed by atoms with Gasteiger partial charge in [0.2, 0.25) is 0 Å². The normalized spacial score (nSPS) is 10.4. The summed E-state index contributed by atoms with van der Waals surface area (Å²) in [4.78, 5) is 4.33. The van der Waals surface area contributed by atoms with Gasteiger partial charge in [-0.2, -0.15) is 0 Å². The van der Waals surface area contributed by atoms with Gasteiger partial charge in [0.25, 0.3) is 0 Å². The molecule has 0 amide bonds. The van der Waals surface area contributed by atoms with E-state index in [1.54, 1.807) is 42.7 Å². The summed E-state index contributed by atoms with van der Waals surface area (Å²) in [7, 11) is 9.90. The minimum atomic E-state index is 0.569. The number of hydrogen-bond donors (Lipinski definition) is 0. The van der Waals surface area contributed by atoms with Crippen LogP contribution in [0.5, 0.6) is 34.5 Å². The molecule has 0 spiro atoms. The fraction of sp³-hybridized carbons (Fsp3) is 0.115. The van der Waals surface area contributed by atoms with Gasteiger partial charge in [0, 0.05) is 64.6 Å². The lowest BCUT2D eigenvalue weighted by Gasteiger charge is -2.25. The monoisotopic (exact) mass is 792 g/mol. The first-order valence-corrected chi connectivity index (χ1v) is 19.1. The zero-order chi connectivity index (χ0) is 41.8. The lowest BCUT2D eigenvalue weighted by atomic mass is 10.1. The van der Waals surface area contributed by atoms with E-state index in [-0.39, 0.29) is 0 Å². The average molecular weight is 793 g/mol. The van der Waals surface area contributed by atoms with Crippen molar-refractivity contribution in [3.63, 3.8) is 0 Å². The molecule has 0 aliphatic heterocycles. The zero-order valence-electron chi connectivity index (χ0n) is 34.4. The van der Waals surface area contributed by atoms with Crippen molar-refractivity contribution in [1.29, 1.82) is 0 Å². The molecule has 0 heterocycles. The molecule has 7 aromatic rings. The van der Waals surface area contributed by atoms with Crippen molar-refractivity contribution in [2.75, 3.05) is 47.6 Å². The summed E-state index contributed by atoms with van der Waals surface area (Å²) in [6.07, 6.45) is 0. The quantitative estimate of drug-likeness (QED) is 0.0902. The number of benzene rings is 7. The van der Waals surface area contributed by atoms with Gasteiger partial charge >= 0.3 is 0 Å². The van der Waals surface area contributed by atoms with Gasteiger partial charge in [0.1, 0.15) is 34.5 Å². The summed E-state index contributed by atoms with van der Waals surface area (Å²) in [5.41, 5.74) is 8.84. The maximum atomic E-state index is 5.91. The van der Waals surface area contributed by atoms with Gasteiger partial charge < -0.3 is 33.3 Å². The maximum absolute atomic E-state index is 5.91. The molecule has 0 unspecified atom stereocenters. The van der Waals surface area contributed by atoms with Crippen LogP contribution in [0.4, 0.5) is 34.1 Å². The Kier molecular flexibility index (Phi) is 12.9. The predicted octanol–water partition coefficient (Wildman–Crippen LogP) is 11.4. The third-order valence-electron chi connectivity index (χ3n) is 9.76. The third-order valence-corrected chi connectivity index (χ3v) is 9.76. The maximum Gasteiger partial charge on any atom is 0.192 e. The highest BCUT2D eigenvalue weighted by molar-refractivity contribution is 5.77. The van der Waals surface area contributed by atoms with Gasteiger partial charge in [0.05, 0.1) is 53.8 Å². The lowest BCUT2D eigenvalue weighted by Crippen LogP contribution is -2.11. The lowest BCUT2D eigenvalue weighted by molar-refractivity contribution is 0.401. The minimum absolute atomic E-state index is 0.569. The third kappa shape index (κ3) is 9.33. The van der Waals surface area contributed by atoms with Crippen LogP contribution in [0.1, 0.15) is 22.3 Å². The second-order valence-electron chi connectivity index (χ2n) is 13.3. The summed E-state index contributed by atoms with van der Waals surface area (Å²) in [5, 5.41) is 0. The second kappa shape index (κ2) is 19.1. The van der Waals surface area contributed by atoms with Crippen LogP contribution in [0.2, 0.25) is 0 Å². The summed E-state index contributed by atoms with van der Waals surface area (Å²) in [6, 6.07) is 51.8. The Morgan fingerprint density at radius 2 is 0.633 bits per heavy atom. The van der Waals surface area contributed by atoms with Crippen LogP contribution in [-0.2, 0) is 0 Å². The van der Waals surface area contributed by atoms with E-state index >= 15 is 0 Å². The van der Waals surface area contributed by atoms with Crippen LogP contribution >= 0.6 is 0 Å². The van der Waals surface area contributed by atoms with E-state index in [1.165, 1.54) is 0 Å². The zero-order valence-corrected chi connectivity index (χ0v) is 34.4. The molecule has 7 aromatic carbocycles. The van der Waals surface area contributed by atoms with Crippen LogP contribution < -0.4 is 38.2 Å². The van der Waals surface area contributed by atoms with Crippen LogP contribution in [0.15, 0.2) is 158 Å². The first kappa shape index (κ1) is 40.4. The first-order valence-electron chi connectivity index (χ1n) is 19.1. The number of anilines is 6. The Hall–Kier alpha value is -7.78. The number of ether oxygens (including phenoxy) is 6. The van der Waals surface area contributed by atoms with Gasteiger partial charge in [-0.15, -0.1) is 0 Å². The molecule has 0 aliphatic rings. The van der Waals surface area contributed by atoms with E-state index in [2.05, 4.69) is 57.7 Å². The Bertz CT molecular complexity index is 2360. The molecule has 60 heavy (non-hydrogen) atoms. The van der Waals surface area contributed by atoms with Crippen molar-refractivity contribution >= 4 is 34.1 Å². The summed E-state index contributed by atoms with van der Waals surface area (Å²) >= 11 is 0. The molecule has 0 aliphatic carbocycles. The highest BCUT2D eigenvalue weighted by Crippen LogP contribution is 2.38. The molecule has 0 atom stereocenters. The van der Waals surface area contributed by atoms with Crippen molar-refractivity contribution in [3.8, 4) is 58.2 Å². The summed E-state index contributed by atoms with van der Waals surface area (Å²) in [6.45, 7) is 0. The van der Waals surface area contributed by atoms with Crippen LogP contribution in [-0.4, -0.2) is 42.7 Å². The number of rotatable bonds is 12. The largest absolute Gasteiger partial charge is 0.497 e. The van der Waals surface area contributed by atoms with Gasteiger partial charge in [-0.3, -0.25) is 0 Å². The van der Waals surface area contributed by atoms with Gasteiger partial charge in [-0.25, -0.2) is 0 Å². The fourth-order valence-electron chi connectivity index (χ4n) is 6.61. The first-order chi connectivity index (χ1) is 29.4. The second-order valence-corrected chi connectivity index (χ2v) is 13.3. The Morgan fingerprint density at radius 1 is 0.333 bits per heavy atom. The highest BCUT2D eigenvalue weighted by atomic mass is 16.5. The molecule has 0 N–H and O–H groups in total. The molecule has 0 fully saturated rings. The molecular formula is C52H44N2O6+. The van der Waals surface area contributed by atoms with Crippen molar-refractivity contribution < 1.29 is 28.4 Å². The van der Waals surface area contributed by atoms with Crippen molar-refractivity contribution in [3.05, 3.63) is 180 Å². The molecule has 1 radical (unpaired) electrons. The molecule has 0 saturated carbocycles. The minimum Gasteiger partial charge on any atom is -0.497 e. The Balaban J connectivity index is 1.16. The SMILES string of the molecule is COc1ccc(N(c2ccc(C#Cc3cc(OC)cc(C#Cc4ccc([N+](c5ccc(OC)cc5)c5ccc(OC)cc5)cc4)c3OC)cc2)c2ccc(OC)cc2)cc1. The Morgan fingerprint density at radius 3 is 0.967 bits per heavy atom. The molecule has 297 valence electrons. The van der Waals surface area contributed by atoms with Crippen LogP contribution in [0.25, 0.3) is 0 Å². The summed E-state index contributed by atoms with van der Waals surface area (Å²) < 4.78 is 33.2. The van der Waals surface area contributed by atoms with Crippen molar-refractivity contribution in [2.45, 2.75) is 0 Å². The predicted molar refractivity (Wildman–Crippen MR) is 239 cm³/mol. The van der Waals surface area contributed by atoms with Crippen LogP contribution in [0.3, 0.4) is 0 Å². The van der Waals surface area contributed by atoms with E-state index in [0.717, 1.165) is 68.2 Å². The van der Waals surface area contributed by atoms with E-state index in [0.29, 0.717) is 22.6 Å². The standard InChI is InChI=1S/C52H44N2O6/c1-55-47-27-19-43(20-28-47)53(44-21-29-48(56-2)30-22-44)41-15-9-37(10-16-41)7-13-39-35-51(59-5)36-40(52(39)60-6)14-8-38-11-17-42(18-12-38)54(45-23-31-49(57-3)32-24-45)46-25-33-50(58-4)34-26-46/h9-12,15-36H,1-6H3/q+1. The number of methoxy groups -OCH3 is 6. The Labute approximate surface area is 352 Å². The van der Waals surface area contributed by atoms with Gasteiger partial charge in [0.15, 0.2) is 17.1 Å². The van der Waals surface area contributed by atoms with E-state index in [1.807, 2.05) is 133 Å². The molecule has 8 nitrogen and oxygen atoms in total. The topological polar surface area (TPSA) is 64.5 Å². The van der Waals surface area contributed by atoms with Crippen molar-refractivity contribution in [2.24, 2.45) is 0 Å². The van der Waals surface area contributed by atoms with Gasteiger partial charge in [-0.1, -0.05) is 28.6 Å². The van der Waals surface area contributed by atoms with Crippen LogP contribution in [0, 0.1) is 23.7 Å². The molecule has 0 saturated heterocycles. The van der Waals surface area contributed by atoms with Crippen molar-refractivity contribution in [1.82, 2.24) is 4.90 Å². The molecule has 8 heteroatoms. The smallest absolute Gasteiger partial charge is 0.192 e. The van der Waals surface area contributed by atoms with E-state index in [9.17, 15) is 0 Å².